The largest absolute Gasteiger partial charge is 0.367 e. The quantitative estimate of drug-likeness (QED) is 0.816. The first-order valence-corrected chi connectivity index (χ1v) is 7.21. The fraction of sp³-hybridized carbons (Fsp3) is 0.625. The molecule has 0 saturated heterocycles. The van der Waals surface area contributed by atoms with Crippen molar-refractivity contribution < 1.29 is 0 Å². The Kier molecular flexibility index (Phi) is 3.06. The van der Waals surface area contributed by atoms with Gasteiger partial charge in [-0.05, 0) is 36.3 Å². The van der Waals surface area contributed by atoms with E-state index in [1.165, 1.54) is 30.5 Å². The van der Waals surface area contributed by atoms with Crippen molar-refractivity contribution in [2.24, 2.45) is 5.41 Å². The van der Waals surface area contributed by atoms with Crippen molar-refractivity contribution in [3.8, 4) is 0 Å². The van der Waals surface area contributed by atoms with E-state index in [1.54, 1.807) is 0 Å². The molecule has 1 fully saturated rings. The lowest BCUT2D eigenvalue weighted by molar-refractivity contribution is 0.373. The molecule has 0 bridgehead atoms. The van der Waals surface area contributed by atoms with Crippen LogP contribution in [0.2, 0.25) is 0 Å². The van der Waals surface area contributed by atoms with Crippen molar-refractivity contribution in [2.45, 2.75) is 45.7 Å². The van der Waals surface area contributed by atoms with Crippen molar-refractivity contribution in [1.82, 2.24) is 5.32 Å². The Hall–Kier alpha value is -1.02. The predicted molar refractivity (Wildman–Crippen MR) is 76.9 cm³/mol. The topological polar surface area (TPSA) is 15.3 Å². The summed E-state index contributed by atoms with van der Waals surface area (Å²) in [4.78, 5) is 2.66. The number of fused-ring (bicyclic) bond motifs is 1. The van der Waals surface area contributed by atoms with Crippen LogP contribution in [-0.4, -0.2) is 19.1 Å². The lowest BCUT2D eigenvalue weighted by atomic mass is 9.91. The van der Waals surface area contributed by atoms with Crippen molar-refractivity contribution in [2.75, 3.05) is 18.0 Å². The van der Waals surface area contributed by atoms with Crippen LogP contribution in [0, 0.1) is 5.41 Å². The van der Waals surface area contributed by atoms with E-state index in [9.17, 15) is 0 Å². The highest BCUT2D eigenvalue weighted by atomic mass is 15.2. The maximum absolute atomic E-state index is 3.54. The maximum Gasteiger partial charge on any atom is 0.0414 e. The molecule has 18 heavy (non-hydrogen) atoms. The monoisotopic (exact) mass is 244 g/mol. The minimum Gasteiger partial charge on any atom is -0.367 e. The number of nitrogens with one attached hydrogen (secondary N) is 1. The predicted octanol–water partition coefficient (Wildman–Crippen LogP) is 3.17. The number of benzene rings is 1. The summed E-state index contributed by atoms with van der Waals surface area (Å²) in [6.45, 7) is 8.09. The first-order valence-electron chi connectivity index (χ1n) is 7.21. The summed E-state index contributed by atoms with van der Waals surface area (Å²) < 4.78 is 0. The van der Waals surface area contributed by atoms with Crippen LogP contribution in [0.1, 0.15) is 38.7 Å². The van der Waals surface area contributed by atoms with Gasteiger partial charge in [0.05, 0.1) is 0 Å². The van der Waals surface area contributed by atoms with Crippen LogP contribution >= 0.6 is 0 Å². The molecule has 1 heterocycles. The third kappa shape index (κ3) is 2.26. The van der Waals surface area contributed by atoms with Crippen LogP contribution < -0.4 is 10.2 Å². The summed E-state index contributed by atoms with van der Waals surface area (Å²) in [5.41, 5.74) is 3.45. The third-order valence-electron chi connectivity index (χ3n) is 4.53. The molecular weight excluding hydrogens is 220 g/mol. The van der Waals surface area contributed by atoms with E-state index >= 15 is 0 Å². The highest BCUT2D eigenvalue weighted by molar-refractivity contribution is 5.55. The molecule has 1 N–H and O–H groups in total. The Morgan fingerprint density at radius 1 is 1.28 bits per heavy atom. The van der Waals surface area contributed by atoms with Crippen molar-refractivity contribution in [1.29, 1.82) is 0 Å². The Bertz CT molecular complexity index is 425. The van der Waals surface area contributed by atoms with Gasteiger partial charge in [-0.2, -0.15) is 0 Å². The zero-order chi connectivity index (χ0) is 12.6. The van der Waals surface area contributed by atoms with E-state index < -0.39 is 0 Å². The first-order chi connectivity index (χ1) is 8.66. The molecule has 1 aromatic rings. The Morgan fingerprint density at radius 3 is 2.89 bits per heavy atom. The summed E-state index contributed by atoms with van der Waals surface area (Å²) in [5, 5.41) is 3.54. The summed E-state index contributed by atoms with van der Waals surface area (Å²) in [7, 11) is 0. The summed E-state index contributed by atoms with van der Waals surface area (Å²) in [6, 6.07) is 9.63. The first kappa shape index (κ1) is 12.0. The van der Waals surface area contributed by atoms with Crippen LogP contribution in [0.4, 0.5) is 5.69 Å². The molecule has 1 aliphatic heterocycles. The molecule has 98 valence electrons. The number of rotatable bonds is 1. The lowest BCUT2D eigenvalue weighted by Crippen LogP contribution is -2.37. The smallest absolute Gasteiger partial charge is 0.0414 e. The number of anilines is 1. The molecule has 1 aliphatic carbocycles. The van der Waals surface area contributed by atoms with Crippen LogP contribution in [0.15, 0.2) is 24.3 Å². The lowest BCUT2D eigenvalue weighted by Gasteiger charge is -2.32. The van der Waals surface area contributed by atoms with Gasteiger partial charge in [-0.15, -0.1) is 0 Å². The van der Waals surface area contributed by atoms with Gasteiger partial charge in [0.1, 0.15) is 0 Å². The summed E-state index contributed by atoms with van der Waals surface area (Å²) >= 11 is 0. The molecule has 0 spiro atoms. The number of nitrogens with zero attached hydrogens (tertiary/aromatic N) is 1. The molecule has 0 radical (unpaired) electrons. The maximum atomic E-state index is 3.54. The van der Waals surface area contributed by atoms with Crippen LogP contribution in [-0.2, 0) is 6.54 Å². The SMILES string of the molecule is CC1(C)CCC(N2CCNCc3ccccc32)C1. The van der Waals surface area contributed by atoms with E-state index in [4.69, 9.17) is 0 Å². The van der Waals surface area contributed by atoms with Gasteiger partial charge in [-0.1, -0.05) is 32.0 Å². The number of hydrogen-bond acceptors (Lipinski definition) is 2. The summed E-state index contributed by atoms with van der Waals surface area (Å²) in [5.74, 6) is 0. The second kappa shape index (κ2) is 4.58. The minimum absolute atomic E-state index is 0.527. The Balaban J connectivity index is 1.88. The average Bonchev–Trinajstić information content (AvgIpc) is 2.60. The van der Waals surface area contributed by atoms with E-state index in [0.717, 1.165) is 25.7 Å². The molecular formula is C16H24N2. The van der Waals surface area contributed by atoms with Gasteiger partial charge in [0.2, 0.25) is 0 Å². The zero-order valence-electron chi connectivity index (χ0n) is 11.6. The molecule has 2 aliphatic rings. The van der Waals surface area contributed by atoms with Gasteiger partial charge in [-0.25, -0.2) is 0 Å². The van der Waals surface area contributed by atoms with Crippen LogP contribution in [0.5, 0.6) is 0 Å². The molecule has 1 saturated carbocycles. The fourth-order valence-electron chi connectivity index (χ4n) is 3.53. The van der Waals surface area contributed by atoms with Crippen LogP contribution in [0.25, 0.3) is 0 Å². The van der Waals surface area contributed by atoms with Crippen molar-refractivity contribution >= 4 is 5.69 Å². The Morgan fingerprint density at radius 2 is 2.11 bits per heavy atom. The molecule has 1 atom stereocenters. The average molecular weight is 244 g/mol. The third-order valence-corrected chi connectivity index (χ3v) is 4.53. The second-order valence-electron chi connectivity index (χ2n) is 6.56. The van der Waals surface area contributed by atoms with Gasteiger partial charge in [0.15, 0.2) is 0 Å². The van der Waals surface area contributed by atoms with E-state index in [1.807, 2.05) is 0 Å². The summed E-state index contributed by atoms with van der Waals surface area (Å²) in [6.07, 6.45) is 4.05. The molecule has 2 nitrogen and oxygen atoms in total. The molecule has 1 aromatic carbocycles. The molecule has 0 amide bonds. The van der Waals surface area contributed by atoms with Gasteiger partial charge < -0.3 is 10.2 Å². The normalized spacial score (nSPS) is 26.8. The van der Waals surface area contributed by atoms with Crippen LogP contribution in [0.3, 0.4) is 0 Å². The van der Waals surface area contributed by atoms with Gasteiger partial charge in [0, 0.05) is 31.4 Å². The highest BCUT2D eigenvalue weighted by Crippen LogP contribution is 2.41. The van der Waals surface area contributed by atoms with Gasteiger partial charge in [0.25, 0.3) is 0 Å². The van der Waals surface area contributed by atoms with Gasteiger partial charge >= 0.3 is 0 Å². The highest BCUT2D eigenvalue weighted by Gasteiger charge is 2.35. The molecule has 1 unspecified atom stereocenters. The number of para-hydroxylation sites is 1. The van der Waals surface area contributed by atoms with Crippen molar-refractivity contribution in [3.63, 3.8) is 0 Å². The molecule has 0 aromatic heterocycles. The van der Waals surface area contributed by atoms with E-state index in [-0.39, 0.29) is 0 Å². The molecule has 3 rings (SSSR count). The van der Waals surface area contributed by atoms with E-state index in [2.05, 4.69) is 48.3 Å². The second-order valence-corrected chi connectivity index (χ2v) is 6.56. The Labute approximate surface area is 110 Å². The fourth-order valence-corrected chi connectivity index (χ4v) is 3.53. The zero-order valence-corrected chi connectivity index (χ0v) is 11.6. The van der Waals surface area contributed by atoms with E-state index in [0.29, 0.717) is 5.41 Å². The van der Waals surface area contributed by atoms with Crippen molar-refractivity contribution in [3.05, 3.63) is 29.8 Å². The molecule has 2 heteroatoms. The standard InChI is InChI=1S/C16H24N2/c1-16(2)8-7-14(11-16)18-10-9-17-12-13-5-3-4-6-15(13)18/h3-6,14,17H,7-12H2,1-2H3. The minimum atomic E-state index is 0.527. The van der Waals surface area contributed by atoms with Gasteiger partial charge in [-0.3, -0.25) is 0 Å². The number of hydrogen-bond donors (Lipinski definition) is 1.